The molecule has 2 rings (SSSR count). The van der Waals surface area contributed by atoms with Crippen LogP contribution in [-0.4, -0.2) is 50.5 Å². The number of imide groups is 1. The number of amides is 2. The Balaban J connectivity index is 2.25. The normalized spacial score (nSPS) is 16.2. The van der Waals surface area contributed by atoms with E-state index in [0.29, 0.717) is 36.0 Å². The fraction of sp³-hybridized carbons (Fsp3) is 0.375. The molecule has 0 bridgehead atoms. The molecule has 0 saturated carbocycles. The molecule has 0 unspecified atom stereocenters. The summed E-state index contributed by atoms with van der Waals surface area (Å²) in [6.45, 7) is 0.852. The molecular formula is C16H18BrNO5S. The molecular weight excluding hydrogens is 398 g/mol. The fourth-order valence-corrected chi connectivity index (χ4v) is 3.47. The van der Waals surface area contributed by atoms with E-state index in [-0.39, 0.29) is 11.1 Å². The van der Waals surface area contributed by atoms with Crippen molar-refractivity contribution in [1.29, 1.82) is 0 Å². The lowest BCUT2D eigenvalue weighted by atomic mass is 10.2. The van der Waals surface area contributed by atoms with Crippen LogP contribution in [0.2, 0.25) is 0 Å². The third-order valence-corrected chi connectivity index (χ3v) is 4.99. The molecule has 1 aromatic rings. The lowest BCUT2D eigenvalue weighted by Crippen LogP contribution is -2.29. The Labute approximate surface area is 153 Å². The molecule has 1 saturated heterocycles. The van der Waals surface area contributed by atoms with Gasteiger partial charge in [0.15, 0.2) is 11.5 Å². The molecule has 0 spiro atoms. The van der Waals surface area contributed by atoms with E-state index in [0.717, 1.165) is 21.8 Å². The highest BCUT2D eigenvalue weighted by molar-refractivity contribution is 9.10. The number of carbonyl (C=O) groups is 2. The summed E-state index contributed by atoms with van der Waals surface area (Å²) in [5, 5.41) is -0.265. The molecule has 0 N–H and O–H groups in total. The molecule has 0 aliphatic carbocycles. The topological polar surface area (TPSA) is 65.1 Å². The first-order chi connectivity index (χ1) is 11.5. The number of methoxy groups -OCH3 is 3. The minimum Gasteiger partial charge on any atom is -0.493 e. The van der Waals surface area contributed by atoms with Crippen LogP contribution in [0.15, 0.2) is 21.5 Å². The second-order valence-electron chi connectivity index (χ2n) is 4.91. The minimum atomic E-state index is -0.289. The van der Waals surface area contributed by atoms with E-state index in [9.17, 15) is 9.59 Å². The van der Waals surface area contributed by atoms with Gasteiger partial charge in [-0.05, 0) is 42.0 Å². The van der Waals surface area contributed by atoms with Crippen LogP contribution in [0.1, 0.15) is 12.0 Å². The highest BCUT2D eigenvalue weighted by Gasteiger charge is 2.34. The standard InChI is InChI=1S/C16H18BrNO5S/c1-21-6-4-5-18-15(19)14(24-16(18)20)8-10-7-12(22-2)13(23-3)9-11(10)17/h7-9H,4-6H2,1-3H3/b14-8+. The Hall–Kier alpha value is -1.51. The molecule has 130 valence electrons. The maximum Gasteiger partial charge on any atom is 0.293 e. The monoisotopic (exact) mass is 415 g/mol. The number of halogens is 1. The van der Waals surface area contributed by atoms with Gasteiger partial charge in [-0.3, -0.25) is 14.5 Å². The van der Waals surface area contributed by atoms with E-state index in [1.807, 2.05) is 0 Å². The predicted octanol–water partition coefficient (Wildman–Crippen LogP) is 3.54. The van der Waals surface area contributed by atoms with E-state index in [1.165, 1.54) is 4.90 Å². The summed E-state index contributed by atoms with van der Waals surface area (Å²) < 4.78 is 16.2. The number of carbonyl (C=O) groups excluding carboxylic acids is 2. The van der Waals surface area contributed by atoms with Crippen LogP contribution in [0.3, 0.4) is 0 Å². The van der Waals surface area contributed by atoms with Gasteiger partial charge in [0.1, 0.15) is 0 Å². The fourth-order valence-electron chi connectivity index (χ4n) is 2.18. The van der Waals surface area contributed by atoms with Gasteiger partial charge < -0.3 is 14.2 Å². The van der Waals surface area contributed by atoms with E-state index in [2.05, 4.69) is 15.9 Å². The van der Waals surface area contributed by atoms with E-state index in [1.54, 1.807) is 39.5 Å². The van der Waals surface area contributed by atoms with Crippen molar-refractivity contribution in [3.05, 3.63) is 27.1 Å². The van der Waals surface area contributed by atoms with Crippen LogP contribution >= 0.6 is 27.7 Å². The SMILES string of the molecule is COCCCN1C(=O)S/C(=C/c2cc(OC)c(OC)cc2Br)C1=O. The van der Waals surface area contributed by atoms with Gasteiger partial charge >= 0.3 is 0 Å². The second kappa shape index (κ2) is 8.55. The molecule has 0 atom stereocenters. The summed E-state index contributed by atoms with van der Waals surface area (Å²) in [6, 6.07) is 3.51. The zero-order valence-electron chi connectivity index (χ0n) is 13.6. The van der Waals surface area contributed by atoms with Gasteiger partial charge in [0, 0.05) is 24.7 Å². The number of thioether (sulfide) groups is 1. The number of rotatable bonds is 7. The number of benzene rings is 1. The molecule has 0 aromatic heterocycles. The number of ether oxygens (including phenoxy) is 3. The van der Waals surface area contributed by atoms with Crippen molar-refractivity contribution in [3.63, 3.8) is 0 Å². The van der Waals surface area contributed by atoms with Crippen molar-refractivity contribution in [2.45, 2.75) is 6.42 Å². The smallest absolute Gasteiger partial charge is 0.293 e. The molecule has 8 heteroatoms. The molecule has 1 aromatic carbocycles. The Morgan fingerprint density at radius 3 is 2.46 bits per heavy atom. The maximum atomic E-state index is 12.4. The van der Waals surface area contributed by atoms with Crippen LogP contribution in [0.5, 0.6) is 11.5 Å². The summed E-state index contributed by atoms with van der Waals surface area (Å²) in [6.07, 6.45) is 2.29. The van der Waals surface area contributed by atoms with Crippen LogP contribution in [0.4, 0.5) is 4.79 Å². The van der Waals surface area contributed by atoms with Crippen LogP contribution < -0.4 is 9.47 Å². The van der Waals surface area contributed by atoms with Crippen molar-refractivity contribution in [2.75, 3.05) is 34.5 Å². The van der Waals surface area contributed by atoms with E-state index >= 15 is 0 Å². The first-order valence-corrected chi connectivity index (χ1v) is 8.78. The Morgan fingerprint density at radius 2 is 1.83 bits per heavy atom. The third kappa shape index (κ3) is 4.12. The van der Waals surface area contributed by atoms with Crippen molar-refractivity contribution in [1.82, 2.24) is 4.90 Å². The van der Waals surface area contributed by atoms with Gasteiger partial charge in [0.05, 0.1) is 19.1 Å². The zero-order chi connectivity index (χ0) is 17.7. The highest BCUT2D eigenvalue weighted by Crippen LogP contribution is 2.37. The average Bonchev–Trinajstić information content (AvgIpc) is 2.83. The average molecular weight is 416 g/mol. The largest absolute Gasteiger partial charge is 0.493 e. The molecule has 1 aliphatic heterocycles. The summed E-state index contributed by atoms with van der Waals surface area (Å²) in [5.41, 5.74) is 0.732. The van der Waals surface area contributed by atoms with Gasteiger partial charge in [-0.2, -0.15) is 0 Å². The van der Waals surface area contributed by atoms with Crippen LogP contribution in [0, 0.1) is 0 Å². The molecule has 24 heavy (non-hydrogen) atoms. The van der Waals surface area contributed by atoms with Crippen molar-refractivity contribution in [2.24, 2.45) is 0 Å². The predicted molar refractivity (Wildman–Crippen MR) is 96.4 cm³/mol. The summed E-state index contributed by atoms with van der Waals surface area (Å²) >= 11 is 4.38. The van der Waals surface area contributed by atoms with Crippen LogP contribution in [-0.2, 0) is 9.53 Å². The number of hydrogen-bond donors (Lipinski definition) is 0. The maximum absolute atomic E-state index is 12.4. The van der Waals surface area contributed by atoms with E-state index in [4.69, 9.17) is 14.2 Å². The molecule has 1 aliphatic rings. The van der Waals surface area contributed by atoms with Crippen molar-refractivity contribution in [3.8, 4) is 11.5 Å². The van der Waals surface area contributed by atoms with Gasteiger partial charge in [-0.15, -0.1) is 0 Å². The van der Waals surface area contributed by atoms with Crippen molar-refractivity contribution >= 4 is 44.9 Å². The van der Waals surface area contributed by atoms with Gasteiger partial charge in [0.25, 0.3) is 11.1 Å². The second-order valence-corrected chi connectivity index (χ2v) is 6.76. The van der Waals surface area contributed by atoms with Crippen molar-refractivity contribution < 1.29 is 23.8 Å². The Bertz CT molecular complexity index is 677. The zero-order valence-corrected chi connectivity index (χ0v) is 16.0. The summed E-state index contributed by atoms with van der Waals surface area (Å²) in [5.74, 6) is 0.836. The molecule has 1 heterocycles. The minimum absolute atomic E-state index is 0.265. The number of hydrogen-bond acceptors (Lipinski definition) is 6. The molecule has 0 radical (unpaired) electrons. The highest BCUT2D eigenvalue weighted by atomic mass is 79.9. The molecule has 6 nitrogen and oxygen atoms in total. The Morgan fingerprint density at radius 1 is 1.17 bits per heavy atom. The summed E-state index contributed by atoms with van der Waals surface area (Å²) in [4.78, 5) is 26.0. The van der Waals surface area contributed by atoms with Gasteiger partial charge in [-0.1, -0.05) is 15.9 Å². The van der Waals surface area contributed by atoms with Crippen LogP contribution in [0.25, 0.3) is 6.08 Å². The first kappa shape index (κ1) is 18.8. The van der Waals surface area contributed by atoms with E-state index < -0.39 is 0 Å². The Kier molecular flexibility index (Phi) is 6.70. The third-order valence-electron chi connectivity index (χ3n) is 3.39. The van der Waals surface area contributed by atoms with Gasteiger partial charge in [0.2, 0.25) is 0 Å². The first-order valence-electron chi connectivity index (χ1n) is 7.17. The van der Waals surface area contributed by atoms with Gasteiger partial charge in [-0.25, -0.2) is 0 Å². The summed E-state index contributed by atoms with van der Waals surface area (Å²) in [7, 11) is 4.68. The molecule has 1 fully saturated rings. The number of nitrogens with zero attached hydrogens (tertiary/aromatic N) is 1. The lowest BCUT2D eigenvalue weighted by Gasteiger charge is -2.11. The molecule has 2 amide bonds. The quantitative estimate of drug-likeness (QED) is 0.501. The lowest BCUT2D eigenvalue weighted by molar-refractivity contribution is -0.122.